The van der Waals surface area contributed by atoms with E-state index in [0.29, 0.717) is 6.54 Å². The molecule has 0 aliphatic carbocycles. The van der Waals surface area contributed by atoms with Crippen molar-refractivity contribution in [1.29, 1.82) is 0 Å². The Labute approximate surface area is 139 Å². The van der Waals surface area contributed by atoms with Crippen molar-refractivity contribution in [2.75, 3.05) is 18.6 Å². The number of aryl methyl sites for hydroxylation is 2. The Kier molecular flexibility index (Phi) is 4.20. The molecule has 0 aromatic heterocycles. The predicted octanol–water partition coefficient (Wildman–Crippen LogP) is 3.50. The Morgan fingerprint density at radius 1 is 1.25 bits per heavy atom. The number of methoxy groups -OCH3 is 1. The van der Waals surface area contributed by atoms with Gasteiger partial charge < -0.3 is 9.64 Å². The number of nitrogens with zero attached hydrogens (tertiary/aromatic N) is 2. The smallest absolute Gasteiger partial charge is 0.311 e. The Hall–Kier alpha value is -2.89. The molecule has 1 amide bonds. The molecule has 0 N–H and O–H groups in total. The lowest BCUT2D eigenvalue weighted by Gasteiger charge is -2.30. The van der Waals surface area contributed by atoms with Crippen molar-refractivity contribution in [1.82, 2.24) is 0 Å². The van der Waals surface area contributed by atoms with Crippen LogP contribution in [0.15, 0.2) is 36.4 Å². The summed E-state index contributed by atoms with van der Waals surface area (Å²) in [5.74, 6) is -0.0863. The van der Waals surface area contributed by atoms with Crippen LogP contribution in [0.2, 0.25) is 0 Å². The summed E-state index contributed by atoms with van der Waals surface area (Å²) in [4.78, 5) is 25.2. The van der Waals surface area contributed by atoms with Gasteiger partial charge in [0.15, 0.2) is 5.75 Å². The van der Waals surface area contributed by atoms with Gasteiger partial charge in [-0.2, -0.15) is 0 Å². The average molecular weight is 326 g/mol. The first-order chi connectivity index (χ1) is 11.5. The Morgan fingerprint density at radius 3 is 2.75 bits per heavy atom. The summed E-state index contributed by atoms with van der Waals surface area (Å²) in [6, 6.07) is 10.3. The van der Waals surface area contributed by atoms with Crippen LogP contribution in [-0.2, 0) is 6.42 Å². The van der Waals surface area contributed by atoms with Crippen LogP contribution in [0.1, 0.15) is 27.9 Å². The SMILES string of the molecule is COc1ccc(C(=O)N2CCCc3cc(C)ccc32)cc1[N+](=O)[O-]. The first-order valence-electron chi connectivity index (χ1n) is 7.75. The number of benzene rings is 2. The lowest BCUT2D eigenvalue weighted by Crippen LogP contribution is -2.35. The molecule has 0 saturated carbocycles. The van der Waals surface area contributed by atoms with E-state index in [9.17, 15) is 14.9 Å². The number of anilines is 1. The van der Waals surface area contributed by atoms with Crippen LogP contribution >= 0.6 is 0 Å². The summed E-state index contributed by atoms with van der Waals surface area (Å²) in [6.45, 7) is 2.63. The second-order valence-electron chi connectivity index (χ2n) is 5.84. The lowest BCUT2D eigenvalue weighted by atomic mass is 9.98. The molecule has 0 unspecified atom stereocenters. The van der Waals surface area contributed by atoms with Gasteiger partial charge in [0.1, 0.15) is 0 Å². The minimum absolute atomic E-state index is 0.145. The number of carbonyl (C=O) groups is 1. The van der Waals surface area contributed by atoms with Crippen LogP contribution in [0.3, 0.4) is 0 Å². The highest BCUT2D eigenvalue weighted by Crippen LogP contribution is 2.32. The molecule has 1 heterocycles. The number of ether oxygens (including phenoxy) is 1. The normalized spacial score (nSPS) is 13.3. The molecule has 0 radical (unpaired) electrons. The van der Waals surface area contributed by atoms with Crippen molar-refractivity contribution >= 4 is 17.3 Å². The molecule has 0 atom stereocenters. The van der Waals surface area contributed by atoms with E-state index in [4.69, 9.17) is 4.74 Å². The number of hydrogen-bond acceptors (Lipinski definition) is 4. The monoisotopic (exact) mass is 326 g/mol. The molecule has 3 rings (SSSR count). The number of nitro groups is 1. The molecular weight excluding hydrogens is 308 g/mol. The molecule has 2 aromatic rings. The maximum Gasteiger partial charge on any atom is 0.311 e. The van der Waals surface area contributed by atoms with E-state index < -0.39 is 4.92 Å². The zero-order chi connectivity index (χ0) is 17.3. The minimum atomic E-state index is -0.539. The van der Waals surface area contributed by atoms with E-state index in [-0.39, 0.29) is 22.9 Å². The van der Waals surface area contributed by atoms with E-state index in [1.807, 2.05) is 19.1 Å². The molecule has 1 aliphatic heterocycles. The second-order valence-corrected chi connectivity index (χ2v) is 5.84. The van der Waals surface area contributed by atoms with E-state index in [1.54, 1.807) is 11.0 Å². The van der Waals surface area contributed by atoms with Gasteiger partial charge in [-0.15, -0.1) is 0 Å². The molecule has 24 heavy (non-hydrogen) atoms. The molecule has 124 valence electrons. The van der Waals surface area contributed by atoms with Gasteiger partial charge in [0.25, 0.3) is 5.91 Å². The maximum atomic E-state index is 12.9. The summed E-state index contributed by atoms with van der Waals surface area (Å²) < 4.78 is 4.99. The van der Waals surface area contributed by atoms with Crippen molar-refractivity contribution in [3.8, 4) is 5.75 Å². The third kappa shape index (κ3) is 2.82. The molecule has 6 heteroatoms. The molecule has 0 bridgehead atoms. The second kappa shape index (κ2) is 6.31. The Morgan fingerprint density at radius 2 is 2.04 bits per heavy atom. The van der Waals surface area contributed by atoms with E-state index >= 15 is 0 Å². The van der Waals surface area contributed by atoms with Crippen LogP contribution in [-0.4, -0.2) is 24.5 Å². The van der Waals surface area contributed by atoms with Crippen molar-refractivity contribution in [2.45, 2.75) is 19.8 Å². The number of fused-ring (bicyclic) bond motifs is 1. The quantitative estimate of drug-likeness (QED) is 0.639. The van der Waals surface area contributed by atoms with Crippen molar-refractivity contribution in [3.63, 3.8) is 0 Å². The molecule has 0 fully saturated rings. The molecule has 1 aliphatic rings. The van der Waals surface area contributed by atoms with E-state index in [1.165, 1.54) is 19.2 Å². The highest BCUT2D eigenvalue weighted by molar-refractivity contribution is 6.07. The van der Waals surface area contributed by atoms with Gasteiger partial charge in [0.05, 0.1) is 12.0 Å². The van der Waals surface area contributed by atoms with Gasteiger partial charge in [-0.25, -0.2) is 0 Å². The van der Waals surface area contributed by atoms with E-state index in [0.717, 1.165) is 29.7 Å². The number of nitro benzene ring substituents is 1. The standard InChI is InChI=1S/C18H18N2O4/c1-12-5-7-15-13(10-12)4-3-9-19(15)18(21)14-6-8-17(24-2)16(11-14)20(22)23/h5-8,10-11H,3-4,9H2,1-2H3. The average Bonchev–Trinajstić information content (AvgIpc) is 2.59. The minimum Gasteiger partial charge on any atom is -0.490 e. The summed E-state index contributed by atoms with van der Waals surface area (Å²) in [5.41, 5.74) is 3.26. The van der Waals surface area contributed by atoms with Crippen LogP contribution in [0.25, 0.3) is 0 Å². The van der Waals surface area contributed by atoms with E-state index in [2.05, 4.69) is 6.07 Å². The zero-order valence-corrected chi connectivity index (χ0v) is 13.6. The summed E-state index contributed by atoms with van der Waals surface area (Å²) >= 11 is 0. The fraction of sp³-hybridized carbons (Fsp3) is 0.278. The molecule has 0 saturated heterocycles. The molecule has 0 spiro atoms. The number of rotatable bonds is 3. The highest BCUT2D eigenvalue weighted by Gasteiger charge is 2.26. The number of carbonyl (C=O) groups excluding carboxylic acids is 1. The summed E-state index contributed by atoms with van der Waals surface area (Å²) in [6.07, 6.45) is 1.81. The molecular formula is C18H18N2O4. The van der Waals surface area contributed by atoms with Crippen LogP contribution in [0, 0.1) is 17.0 Å². The van der Waals surface area contributed by atoms with Gasteiger partial charge in [-0.05, 0) is 43.5 Å². The van der Waals surface area contributed by atoms with Gasteiger partial charge >= 0.3 is 5.69 Å². The maximum absolute atomic E-state index is 12.9. The first kappa shape index (κ1) is 16.0. The van der Waals surface area contributed by atoms with Crippen molar-refractivity contribution in [3.05, 3.63) is 63.2 Å². The Bertz CT molecular complexity index is 817. The van der Waals surface area contributed by atoms with Gasteiger partial charge in [-0.3, -0.25) is 14.9 Å². The third-order valence-electron chi connectivity index (χ3n) is 4.22. The van der Waals surface area contributed by atoms with Crippen molar-refractivity contribution < 1.29 is 14.5 Å². The Balaban J connectivity index is 1.99. The van der Waals surface area contributed by atoms with Crippen molar-refractivity contribution in [2.24, 2.45) is 0 Å². The van der Waals surface area contributed by atoms with Crippen LogP contribution in [0.4, 0.5) is 11.4 Å². The molecule has 2 aromatic carbocycles. The predicted molar refractivity (Wildman–Crippen MR) is 90.8 cm³/mol. The van der Waals surface area contributed by atoms with Gasteiger partial charge in [0, 0.05) is 23.9 Å². The summed E-state index contributed by atoms with van der Waals surface area (Å²) in [5, 5.41) is 11.2. The van der Waals surface area contributed by atoms with Crippen LogP contribution in [0.5, 0.6) is 5.75 Å². The van der Waals surface area contributed by atoms with Gasteiger partial charge in [0.2, 0.25) is 0 Å². The first-order valence-corrected chi connectivity index (χ1v) is 7.75. The number of hydrogen-bond donors (Lipinski definition) is 0. The number of amides is 1. The fourth-order valence-corrected chi connectivity index (χ4v) is 3.06. The molecule has 6 nitrogen and oxygen atoms in total. The largest absolute Gasteiger partial charge is 0.490 e. The van der Waals surface area contributed by atoms with Gasteiger partial charge in [-0.1, -0.05) is 17.7 Å². The van der Waals surface area contributed by atoms with Crippen LogP contribution < -0.4 is 9.64 Å². The topological polar surface area (TPSA) is 72.7 Å². The third-order valence-corrected chi connectivity index (χ3v) is 4.22. The lowest BCUT2D eigenvalue weighted by molar-refractivity contribution is -0.385. The summed E-state index contributed by atoms with van der Waals surface area (Å²) in [7, 11) is 1.37. The zero-order valence-electron chi connectivity index (χ0n) is 13.6. The highest BCUT2D eigenvalue weighted by atomic mass is 16.6. The fourth-order valence-electron chi connectivity index (χ4n) is 3.06.